The molecule has 0 aliphatic heterocycles. The molecular formula is C15H14BrN3O2. The molecule has 0 bridgehead atoms. The van der Waals surface area contributed by atoms with Gasteiger partial charge in [-0.3, -0.25) is 4.79 Å². The van der Waals surface area contributed by atoms with Gasteiger partial charge >= 0.3 is 0 Å². The molecular weight excluding hydrogens is 334 g/mol. The van der Waals surface area contributed by atoms with Gasteiger partial charge in [0.1, 0.15) is 11.4 Å². The lowest BCUT2D eigenvalue weighted by atomic mass is 10.2. The second-order valence-corrected chi connectivity index (χ2v) is 5.52. The number of hydrogen-bond donors (Lipinski definition) is 2. The van der Waals surface area contributed by atoms with E-state index in [4.69, 9.17) is 4.42 Å². The van der Waals surface area contributed by atoms with Crippen LogP contribution >= 0.6 is 15.9 Å². The Balaban J connectivity index is 1.58. The molecule has 108 valence electrons. The number of para-hydroxylation sites is 1. The lowest BCUT2D eigenvalue weighted by molar-refractivity contribution is 0.0927. The molecule has 0 saturated carbocycles. The minimum atomic E-state index is -0.197. The van der Waals surface area contributed by atoms with Gasteiger partial charge < -0.3 is 14.7 Å². The van der Waals surface area contributed by atoms with E-state index in [1.165, 1.54) is 0 Å². The quantitative estimate of drug-likeness (QED) is 0.695. The Hall–Kier alpha value is -2.08. The highest BCUT2D eigenvalue weighted by Crippen LogP contribution is 2.26. The Morgan fingerprint density at radius 2 is 2.33 bits per heavy atom. The highest BCUT2D eigenvalue weighted by atomic mass is 79.9. The molecule has 0 saturated heterocycles. The number of aryl methyl sites for hydroxylation is 1. The predicted molar refractivity (Wildman–Crippen MR) is 83.2 cm³/mol. The SMILES string of the molecule is O=C(NCCCc1ncc[nH]1)c1cc2cccc(Br)c2o1. The number of H-pyrrole nitrogens is 1. The third-order valence-electron chi connectivity index (χ3n) is 3.15. The first-order valence-corrected chi connectivity index (χ1v) is 7.48. The molecule has 0 aliphatic rings. The Labute approximate surface area is 129 Å². The molecule has 6 heteroatoms. The minimum absolute atomic E-state index is 0.197. The van der Waals surface area contributed by atoms with E-state index in [1.54, 1.807) is 18.5 Å². The molecule has 0 unspecified atom stereocenters. The molecule has 0 fully saturated rings. The van der Waals surface area contributed by atoms with Gasteiger partial charge in [0.15, 0.2) is 5.76 Å². The van der Waals surface area contributed by atoms with Crippen molar-refractivity contribution in [3.8, 4) is 0 Å². The maximum atomic E-state index is 12.0. The maximum Gasteiger partial charge on any atom is 0.287 e. The van der Waals surface area contributed by atoms with Crippen molar-refractivity contribution < 1.29 is 9.21 Å². The highest BCUT2D eigenvalue weighted by molar-refractivity contribution is 9.10. The molecule has 2 aromatic heterocycles. The van der Waals surface area contributed by atoms with Crippen molar-refractivity contribution in [2.24, 2.45) is 0 Å². The average Bonchev–Trinajstić information content (AvgIpc) is 3.13. The summed E-state index contributed by atoms with van der Waals surface area (Å²) < 4.78 is 6.43. The molecule has 3 aromatic rings. The van der Waals surface area contributed by atoms with Crippen molar-refractivity contribution in [2.45, 2.75) is 12.8 Å². The van der Waals surface area contributed by atoms with Crippen LogP contribution in [0.4, 0.5) is 0 Å². The van der Waals surface area contributed by atoms with Crippen LogP contribution in [-0.4, -0.2) is 22.4 Å². The lowest BCUT2D eigenvalue weighted by Gasteiger charge is -2.01. The Bertz CT molecular complexity index is 749. The van der Waals surface area contributed by atoms with Crippen molar-refractivity contribution >= 4 is 32.8 Å². The van der Waals surface area contributed by atoms with Crippen LogP contribution in [0.3, 0.4) is 0 Å². The first-order valence-electron chi connectivity index (χ1n) is 6.68. The fourth-order valence-electron chi connectivity index (χ4n) is 2.12. The monoisotopic (exact) mass is 347 g/mol. The molecule has 1 aromatic carbocycles. The summed E-state index contributed by atoms with van der Waals surface area (Å²) >= 11 is 3.41. The third kappa shape index (κ3) is 3.16. The van der Waals surface area contributed by atoms with Crippen LogP contribution in [0.15, 0.2) is 45.5 Å². The van der Waals surface area contributed by atoms with Crippen LogP contribution < -0.4 is 5.32 Å². The molecule has 1 amide bonds. The van der Waals surface area contributed by atoms with Gasteiger partial charge in [0.05, 0.1) is 4.47 Å². The van der Waals surface area contributed by atoms with E-state index in [0.29, 0.717) is 17.9 Å². The van der Waals surface area contributed by atoms with Crippen LogP contribution in [0.1, 0.15) is 22.8 Å². The van der Waals surface area contributed by atoms with E-state index < -0.39 is 0 Å². The third-order valence-corrected chi connectivity index (χ3v) is 3.78. The molecule has 21 heavy (non-hydrogen) atoms. The van der Waals surface area contributed by atoms with Crippen LogP contribution in [0.5, 0.6) is 0 Å². The van der Waals surface area contributed by atoms with Gasteiger partial charge in [0, 0.05) is 30.7 Å². The molecule has 2 N–H and O–H groups in total. The van der Waals surface area contributed by atoms with Gasteiger partial charge in [-0.15, -0.1) is 0 Å². The number of halogens is 1. The topological polar surface area (TPSA) is 70.9 Å². The van der Waals surface area contributed by atoms with Crippen molar-refractivity contribution in [1.82, 2.24) is 15.3 Å². The Kier molecular flexibility index (Phi) is 4.06. The van der Waals surface area contributed by atoms with Crippen molar-refractivity contribution in [2.75, 3.05) is 6.54 Å². The Morgan fingerprint density at radius 3 is 3.10 bits per heavy atom. The zero-order valence-corrected chi connectivity index (χ0v) is 12.8. The maximum absolute atomic E-state index is 12.0. The van der Waals surface area contributed by atoms with Crippen molar-refractivity contribution in [3.05, 3.63) is 52.7 Å². The lowest BCUT2D eigenvalue weighted by Crippen LogP contribution is -2.24. The van der Waals surface area contributed by atoms with Crippen molar-refractivity contribution in [1.29, 1.82) is 0 Å². The zero-order valence-electron chi connectivity index (χ0n) is 11.2. The van der Waals surface area contributed by atoms with E-state index in [2.05, 4.69) is 31.2 Å². The number of nitrogens with zero attached hydrogens (tertiary/aromatic N) is 1. The molecule has 0 aliphatic carbocycles. The number of aromatic nitrogens is 2. The second-order valence-electron chi connectivity index (χ2n) is 4.66. The van der Waals surface area contributed by atoms with E-state index in [0.717, 1.165) is 28.5 Å². The predicted octanol–water partition coefficient (Wildman–Crippen LogP) is 3.28. The van der Waals surface area contributed by atoms with Crippen LogP contribution in [-0.2, 0) is 6.42 Å². The molecule has 0 atom stereocenters. The molecule has 3 rings (SSSR count). The fourth-order valence-corrected chi connectivity index (χ4v) is 2.58. The number of carbonyl (C=O) groups is 1. The largest absolute Gasteiger partial charge is 0.450 e. The molecule has 5 nitrogen and oxygen atoms in total. The minimum Gasteiger partial charge on any atom is -0.450 e. The van der Waals surface area contributed by atoms with Crippen LogP contribution in [0.2, 0.25) is 0 Å². The fraction of sp³-hybridized carbons (Fsp3) is 0.200. The Morgan fingerprint density at radius 1 is 1.43 bits per heavy atom. The van der Waals surface area contributed by atoms with Gasteiger partial charge in [-0.1, -0.05) is 12.1 Å². The van der Waals surface area contributed by atoms with Crippen molar-refractivity contribution in [3.63, 3.8) is 0 Å². The number of benzene rings is 1. The number of hydrogen-bond acceptors (Lipinski definition) is 3. The van der Waals surface area contributed by atoms with Gasteiger partial charge in [0.2, 0.25) is 0 Å². The number of carbonyl (C=O) groups excluding carboxylic acids is 1. The van der Waals surface area contributed by atoms with E-state index in [-0.39, 0.29) is 5.91 Å². The summed E-state index contributed by atoms with van der Waals surface area (Å²) in [5.41, 5.74) is 0.693. The summed E-state index contributed by atoms with van der Waals surface area (Å²) in [6.45, 7) is 0.581. The highest BCUT2D eigenvalue weighted by Gasteiger charge is 2.13. The summed E-state index contributed by atoms with van der Waals surface area (Å²) in [7, 11) is 0. The van der Waals surface area contributed by atoms with Gasteiger partial charge in [-0.2, -0.15) is 0 Å². The standard InChI is InChI=1S/C15H14BrN3O2/c16-11-4-1-3-10-9-12(21-14(10)11)15(20)19-6-2-5-13-17-7-8-18-13/h1,3-4,7-9H,2,5-6H2,(H,17,18)(H,19,20). The summed E-state index contributed by atoms with van der Waals surface area (Å²) in [5.74, 6) is 1.06. The first-order chi connectivity index (χ1) is 10.2. The number of imidazole rings is 1. The van der Waals surface area contributed by atoms with Gasteiger partial charge in [-0.25, -0.2) is 4.98 Å². The van der Waals surface area contributed by atoms with Crippen LogP contribution in [0, 0.1) is 0 Å². The molecule has 0 radical (unpaired) electrons. The summed E-state index contributed by atoms with van der Waals surface area (Å²) in [4.78, 5) is 19.2. The number of aromatic amines is 1. The normalized spacial score (nSPS) is 10.9. The van der Waals surface area contributed by atoms with E-state index >= 15 is 0 Å². The molecule has 0 spiro atoms. The summed E-state index contributed by atoms with van der Waals surface area (Å²) in [6.07, 6.45) is 5.14. The molecule has 2 heterocycles. The number of nitrogens with one attached hydrogen (secondary N) is 2. The number of rotatable bonds is 5. The second kappa shape index (κ2) is 6.13. The zero-order chi connectivity index (χ0) is 14.7. The van der Waals surface area contributed by atoms with Gasteiger partial charge in [-0.05, 0) is 34.5 Å². The van der Waals surface area contributed by atoms with Gasteiger partial charge in [0.25, 0.3) is 5.91 Å². The number of amides is 1. The number of fused-ring (bicyclic) bond motifs is 1. The van der Waals surface area contributed by atoms with Crippen LogP contribution in [0.25, 0.3) is 11.0 Å². The summed E-state index contributed by atoms with van der Waals surface area (Å²) in [6, 6.07) is 7.46. The first kappa shape index (κ1) is 13.9. The summed E-state index contributed by atoms with van der Waals surface area (Å²) in [5, 5.41) is 3.76. The average molecular weight is 348 g/mol. The van der Waals surface area contributed by atoms with E-state index in [1.807, 2.05) is 18.2 Å². The number of furan rings is 1. The van der Waals surface area contributed by atoms with E-state index in [9.17, 15) is 4.79 Å². The smallest absolute Gasteiger partial charge is 0.287 e.